The van der Waals surface area contributed by atoms with Gasteiger partial charge < -0.3 is 10.3 Å². The largest absolute Gasteiger partial charge is 0.711 e. The molecule has 148 valence electrons. The minimum atomic E-state index is -1.08. The Hall–Kier alpha value is -3.38. The molecule has 0 bridgehead atoms. The Morgan fingerprint density at radius 1 is 1.03 bits per heavy atom. The van der Waals surface area contributed by atoms with Crippen molar-refractivity contribution in [3.05, 3.63) is 88.7 Å². The zero-order chi connectivity index (χ0) is 20.8. The number of anilines is 1. The summed E-state index contributed by atoms with van der Waals surface area (Å²) < 4.78 is 0.539. The topological polar surface area (TPSA) is 93.3 Å². The van der Waals surface area contributed by atoms with E-state index in [-0.39, 0.29) is 18.7 Å². The average molecular weight is 411 g/mol. The molecule has 1 unspecified atom stereocenters. The predicted molar refractivity (Wildman–Crippen MR) is 110 cm³/mol. The number of aliphatic carboxylic acids is 1. The molecule has 1 amide bonds. The van der Waals surface area contributed by atoms with Crippen LogP contribution in [0.1, 0.15) is 12.0 Å². The molecule has 2 aromatic carbocycles. The lowest BCUT2D eigenvalue weighted by Gasteiger charge is -2.14. The number of hydrogen-bond acceptors (Lipinski definition) is 3. The molecule has 3 rings (SSSR count). The van der Waals surface area contributed by atoms with Crippen molar-refractivity contribution in [3.8, 4) is 11.1 Å². The van der Waals surface area contributed by atoms with Crippen molar-refractivity contribution in [2.75, 3.05) is 5.32 Å². The average Bonchev–Trinajstić information content (AvgIpc) is 2.70. The number of carboxylic acid groups (broad SMARTS) is 1. The van der Waals surface area contributed by atoms with E-state index in [1.165, 1.54) is 12.3 Å². The lowest BCUT2D eigenvalue weighted by Crippen LogP contribution is -2.35. The standard InChI is InChI=1S/C22H19ClN2O4/c23-19-9-5-4-8-18(19)16-10-11-20(25(29)14-16)24-22(28)17(13-21(26)27)12-15-6-2-1-3-7-15/h1-11,14,17H,12-13H2,(H,24,28)(H,26,27). The molecular formula is C22H19ClN2O4. The highest BCUT2D eigenvalue weighted by Gasteiger charge is 2.26. The molecule has 29 heavy (non-hydrogen) atoms. The third kappa shape index (κ3) is 5.33. The van der Waals surface area contributed by atoms with Gasteiger partial charge in [-0.2, -0.15) is 0 Å². The van der Waals surface area contributed by atoms with E-state index >= 15 is 0 Å². The molecule has 0 spiro atoms. The summed E-state index contributed by atoms with van der Waals surface area (Å²) in [5, 5.41) is 24.6. The van der Waals surface area contributed by atoms with Crippen molar-refractivity contribution in [2.24, 2.45) is 5.92 Å². The van der Waals surface area contributed by atoms with Crippen LogP contribution in [0.5, 0.6) is 0 Å². The number of carbonyl (C=O) groups is 2. The van der Waals surface area contributed by atoms with Crippen molar-refractivity contribution < 1.29 is 19.4 Å². The second-order valence-electron chi connectivity index (χ2n) is 6.58. The Morgan fingerprint density at radius 2 is 1.72 bits per heavy atom. The fourth-order valence-electron chi connectivity index (χ4n) is 3.03. The van der Waals surface area contributed by atoms with Gasteiger partial charge in [0, 0.05) is 22.2 Å². The molecule has 6 nitrogen and oxygen atoms in total. The molecule has 2 N–H and O–H groups in total. The maximum atomic E-state index is 12.7. The third-order valence-electron chi connectivity index (χ3n) is 4.47. The van der Waals surface area contributed by atoms with Crippen LogP contribution in [-0.2, 0) is 16.0 Å². The summed E-state index contributed by atoms with van der Waals surface area (Å²) in [6, 6.07) is 19.4. The van der Waals surface area contributed by atoms with E-state index in [0.717, 1.165) is 5.56 Å². The normalized spacial score (nSPS) is 11.6. The van der Waals surface area contributed by atoms with E-state index in [1.807, 2.05) is 36.4 Å². The summed E-state index contributed by atoms with van der Waals surface area (Å²) in [5.41, 5.74) is 2.15. The van der Waals surface area contributed by atoms with Gasteiger partial charge in [-0.1, -0.05) is 60.1 Å². The molecule has 1 atom stereocenters. The number of carbonyl (C=O) groups excluding carboxylic acids is 1. The van der Waals surface area contributed by atoms with Gasteiger partial charge in [-0.3, -0.25) is 4.79 Å². The highest BCUT2D eigenvalue weighted by molar-refractivity contribution is 6.33. The zero-order valence-corrected chi connectivity index (χ0v) is 16.2. The molecule has 0 fully saturated rings. The Kier molecular flexibility index (Phi) is 6.46. The van der Waals surface area contributed by atoms with E-state index in [2.05, 4.69) is 5.32 Å². The SMILES string of the molecule is O=C(O)CC(Cc1ccccc1)C(=O)Nc1ccc(-c2ccccc2Cl)c[n+]1[O-]. The Morgan fingerprint density at radius 3 is 2.38 bits per heavy atom. The number of amides is 1. The molecule has 0 saturated heterocycles. The second-order valence-corrected chi connectivity index (χ2v) is 6.99. The number of rotatable bonds is 7. The van der Waals surface area contributed by atoms with E-state index < -0.39 is 17.8 Å². The molecule has 7 heteroatoms. The molecule has 1 aromatic heterocycles. The minimum Gasteiger partial charge on any atom is -0.711 e. The van der Waals surface area contributed by atoms with Gasteiger partial charge in [-0.15, -0.1) is 0 Å². The molecular weight excluding hydrogens is 392 g/mol. The Balaban J connectivity index is 1.78. The van der Waals surface area contributed by atoms with Gasteiger partial charge in [-0.05, 0) is 24.1 Å². The van der Waals surface area contributed by atoms with Crippen LogP contribution in [-0.4, -0.2) is 17.0 Å². The van der Waals surface area contributed by atoms with E-state index in [0.29, 0.717) is 20.9 Å². The highest BCUT2D eigenvalue weighted by atomic mass is 35.5. The Bertz CT molecular complexity index is 1020. The smallest absolute Gasteiger partial charge is 0.311 e. The first-order valence-corrected chi connectivity index (χ1v) is 9.36. The van der Waals surface area contributed by atoms with Crippen LogP contribution in [0.4, 0.5) is 5.82 Å². The number of nitrogens with one attached hydrogen (secondary N) is 1. The Labute approximate surface area is 173 Å². The highest BCUT2D eigenvalue weighted by Crippen LogP contribution is 2.27. The third-order valence-corrected chi connectivity index (χ3v) is 4.80. The predicted octanol–water partition coefficient (Wildman–Crippen LogP) is 3.91. The van der Waals surface area contributed by atoms with Crippen LogP contribution in [0.2, 0.25) is 5.02 Å². The van der Waals surface area contributed by atoms with Crippen molar-refractivity contribution in [3.63, 3.8) is 0 Å². The van der Waals surface area contributed by atoms with E-state index in [4.69, 9.17) is 16.7 Å². The van der Waals surface area contributed by atoms with Gasteiger partial charge in [0.15, 0.2) is 0 Å². The first-order chi connectivity index (χ1) is 13.9. The van der Waals surface area contributed by atoms with Crippen molar-refractivity contribution in [1.29, 1.82) is 0 Å². The van der Waals surface area contributed by atoms with E-state index in [1.54, 1.807) is 24.3 Å². The fourth-order valence-corrected chi connectivity index (χ4v) is 3.27. The summed E-state index contributed by atoms with van der Waals surface area (Å²) >= 11 is 6.17. The second kappa shape index (κ2) is 9.21. The summed E-state index contributed by atoms with van der Waals surface area (Å²) in [7, 11) is 0. The summed E-state index contributed by atoms with van der Waals surface area (Å²) in [5.74, 6) is -2.39. The van der Waals surface area contributed by atoms with Crippen LogP contribution < -0.4 is 10.0 Å². The molecule has 1 heterocycles. The van der Waals surface area contributed by atoms with Crippen LogP contribution in [0, 0.1) is 11.1 Å². The zero-order valence-electron chi connectivity index (χ0n) is 15.4. The van der Waals surface area contributed by atoms with Gasteiger partial charge in [-0.25, -0.2) is 14.8 Å². The van der Waals surface area contributed by atoms with Crippen LogP contribution >= 0.6 is 11.6 Å². The lowest BCUT2D eigenvalue weighted by molar-refractivity contribution is -0.589. The minimum absolute atomic E-state index is 0.0225. The number of halogens is 1. The molecule has 3 aromatic rings. The first kappa shape index (κ1) is 20.4. The number of carboxylic acids is 1. The molecule has 0 aliphatic carbocycles. The summed E-state index contributed by atoms with van der Waals surface area (Å²) in [4.78, 5) is 23.9. The maximum absolute atomic E-state index is 12.7. The molecule has 0 radical (unpaired) electrons. The molecule has 0 aliphatic heterocycles. The number of pyridine rings is 1. The van der Waals surface area contributed by atoms with Crippen LogP contribution in [0.25, 0.3) is 11.1 Å². The van der Waals surface area contributed by atoms with Crippen LogP contribution in [0.15, 0.2) is 72.9 Å². The molecule has 0 aliphatic rings. The summed E-state index contributed by atoms with van der Waals surface area (Å²) in [6.45, 7) is 0. The lowest BCUT2D eigenvalue weighted by atomic mass is 9.95. The van der Waals surface area contributed by atoms with Gasteiger partial charge >= 0.3 is 11.9 Å². The van der Waals surface area contributed by atoms with E-state index in [9.17, 15) is 14.8 Å². The van der Waals surface area contributed by atoms with Gasteiger partial charge in [0.2, 0.25) is 0 Å². The van der Waals surface area contributed by atoms with Crippen molar-refractivity contribution in [2.45, 2.75) is 12.8 Å². The van der Waals surface area contributed by atoms with Gasteiger partial charge in [0.1, 0.15) is 6.20 Å². The maximum Gasteiger partial charge on any atom is 0.311 e. The number of nitrogens with zero attached hydrogens (tertiary/aromatic N) is 1. The number of hydrogen-bond donors (Lipinski definition) is 2. The monoisotopic (exact) mass is 410 g/mol. The summed E-state index contributed by atoms with van der Waals surface area (Å²) in [6.07, 6.45) is 1.24. The fraction of sp³-hybridized carbons (Fsp3) is 0.136. The first-order valence-electron chi connectivity index (χ1n) is 8.98. The van der Waals surface area contributed by atoms with Gasteiger partial charge in [0.25, 0.3) is 5.82 Å². The van der Waals surface area contributed by atoms with Crippen LogP contribution in [0.3, 0.4) is 0 Å². The number of benzene rings is 2. The number of aromatic nitrogens is 1. The quantitative estimate of drug-likeness (QED) is 0.456. The van der Waals surface area contributed by atoms with Gasteiger partial charge in [0.05, 0.1) is 12.3 Å². The van der Waals surface area contributed by atoms with Crippen molar-refractivity contribution in [1.82, 2.24) is 0 Å². The molecule has 0 saturated carbocycles. The van der Waals surface area contributed by atoms with Crippen molar-refractivity contribution >= 4 is 29.3 Å².